The number of aromatic carboxylic acids is 1. The zero-order chi connectivity index (χ0) is 12.9. The van der Waals surface area contributed by atoms with Crippen LogP contribution in [0.25, 0.3) is 0 Å². The number of hydrogen-bond acceptors (Lipinski definition) is 4. The number of rotatable bonds is 6. The monoisotopic (exact) mass is 274 g/mol. The molecule has 0 amide bonds. The largest absolute Gasteiger partial charge is 0.478 e. The van der Waals surface area contributed by atoms with Crippen molar-refractivity contribution in [3.8, 4) is 0 Å². The van der Waals surface area contributed by atoms with Crippen LogP contribution in [-0.4, -0.2) is 37.3 Å². The van der Waals surface area contributed by atoms with E-state index in [1.165, 1.54) is 24.1 Å². The molecule has 0 spiro atoms. The highest BCUT2D eigenvalue weighted by molar-refractivity contribution is 7.99. The molecule has 0 unspecified atom stereocenters. The fraction of sp³-hybridized carbons (Fsp3) is 0.364. The lowest BCUT2D eigenvalue weighted by molar-refractivity contribution is 0.0696. The van der Waals surface area contributed by atoms with Crippen LogP contribution >= 0.6 is 11.8 Å². The first kappa shape index (κ1) is 14.1. The summed E-state index contributed by atoms with van der Waals surface area (Å²) in [5, 5.41) is 8.80. The lowest BCUT2D eigenvalue weighted by Crippen LogP contribution is -2.05. The maximum atomic E-state index is 10.9. The van der Waals surface area contributed by atoms with E-state index in [0.717, 1.165) is 5.56 Å². The maximum absolute atomic E-state index is 10.9. The summed E-state index contributed by atoms with van der Waals surface area (Å²) < 4.78 is 21.8. The van der Waals surface area contributed by atoms with Gasteiger partial charge in [-0.2, -0.15) is 11.8 Å². The minimum atomic E-state index is -2.92. The Kier molecular flexibility index (Phi) is 5.02. The Bertz CT molecular complexity index is 494. The molecule has 0 aliphatic rings. The third-order valence-electron chi connectivity index (χ3n) is 2.04. The predicted molar refractivity (Wildman–Crippen MR) is 69.3 cm³/mol. The van der Waals surface area contributed by atoms with Gasteiger partial charge in [-0.1, -0.05) is 12.1 Å². The van der Waals surface area contributed by atoms with Crippen LogP contribution in [-0.2, 0) is 15.6 Å². The first-order valence-corrected chi connectivity index (χ1v) is 8.18. The summed E-state index contributed by atoms with van der Waals surface area (Å²) in [6.45, 7) is 0. The molecule has 0 aromatic heterocycles. The lowest BCUT2D eigenvalue weighted by atomic mass is 10.1. The average Bonchev–Trinajstić information content (AvgIpc) is 2.23. The van der Waals surface area contributed by atoms with Crippen LogP contribution in [0, 0.1) is 0 Å². The van der Waals surface area contributed by atoms with Crippen molar-refractivity contribution in [3.05, 3.63) is 35.4 Å². The van der Waals surface area contributed by atoms with Gasteiger partial charge in [-0.15, -0.1) is 0 Å². The molecule has 1 aromatic rings. The van der Waals surface area contributed by atoms with Crippen LogP contribution in [0.15, 0.2) is 24.3 Å². The zero-order valence-electron chi connectivity index (χ0n) is 9.42. The fourth-order valence-corrected chi connectivity index (χ4v) is 3.44. The minimum Gasteiger partial charge on any atom is -0.478 e. The van der Waals surface area contributed by atoms with Crippen molar-refractivity contribution >= 4 is 27.6 Å². The molecule has 17 heavy (non-hydrogen) atoms. The maximum Gasteiger partial charge on any atom is 0.335 e. The number of thioether (sulfide) groups is 1. The van der Waals surface area contributed by atoms with Crippen molar-refractivity contribution in [2.45, 2.75) is 5.75 Å². The molecule has 0 heterocycles. The van der Waals surface area contributed by atoms with Crippen molar-refractivity contribution in [1.82, 2.24) is 0 Å². The van der Waals surface area contributed by atoms with Crippen molar-refractivity contribution in [3.63, 3.8) is 0 Å². The standard InChI is InChI=1S/C11H14O4S2/c1-17(14,15)6-5-16-8-9-3-2-4-10(7-9)11(12)13/h2-4,7H,5-6,8H2,1H3,(H,12,13). The minimum absolute atomic E-state index is 0.149. The Labute approximate surface area is 105 Å². The molecule has 0 saturated heterocycles. The Balaban J connectivity index is 2.47. The van der Waals surface area contributed by atoms with Crippen LogP contribution in [0.1, 0.15) is 15.9 Å². The highest BCUT2D eigenvalue weighted by atomic mass is 32.2. The summed E-state index contributed by atoms with van der Waals surface area (Å²) in [5.41, 5.74) is 1.15. The number of sulfone groups is 1. The second-order valence-corrected chi connectivity index (χ2v) is 7.05. The topological polar surface area (TPSA) is 71.4 Å². The normalized spacial score (nSPS) is 11.4. The van der Waals surface area contributed by atoms with Crippen LogP contribution in [0.4, 0.5) is 0 Å². The molecule has 1 aromatic carbocycles. The van der Waals surface area contributed by atoms with Crippen LogP contribution in [0.2, 0.25) is 0 Å². The summed E-state index contributed by atoms with van der Waals surface area (Å²) in [5.74, 6) is 0.344. The van der Waals surface area contributed by atoms with E-state index in [2.05, 4.69) is 0 Å². The number of carboxylic acids is 1. The van der Waals surface area contributed by atoms with Crippen molar-refractivity contribution < 1.29 is 18.3 Å². The molecule has 6 heteroatoms. The van der Waals surface area contributed by atoms with Gasteiger partial charge in [-0.25, -0.2) is 13.2 Å². The van der Waals surface area contributed by atoms with E-state index in [-0.39, 0.29) is 11.3 Å². The van der Waals surface area contributed by atoms with Crippen LogP contribution in [0.5, 0.6) is 0 Å². The van der Waals surface area contributed by atoms with E-state index in [4.69, 9.17) is 5.11 Å². The van der Waals surface area contributed by atoms with E-state index < -0.39 is 15.8 Å². The van der Waals surface area contributed by atoms with E-state index >= 15 is 0 Å². The van der Waals surface area contributed by atoms with Crippen LogP contribution in [0.3, 0.4) is 0 Å². The summed E-state index contributed by atoms with van der Waals surface area (Å²) in [6, 6.07) is 6.67. The third kappa shape index (κ3) is 5.74. The Morgan fingerprint density at radius 1 is 1.41 bits per heavy atom. The Morgan fingerprint density at radius 3 is 2.71 bits per heavy atom. The number of hydrogen-bond donors (Lipinski definition) is 1. The highest BCUT2D eigenvalue weighted by Gasteiger charge is 2.04. The second kappa shape index (κ2) is 6.07. The molecule has 0 aliphatic carbocycles. The summed E-state index contributed by atoms with van der Waals surface area (Å²) in [6.07, 6.45) is 1.21. The van der Waals surface area contributed by atoms with Gasteiger partial charge in [0.2, 0.25) is 0 Å². The molecule has 0 bridgehead atoms. The zero-order valence-corrected chi connectivity index (χ0v) is 11.1. The summed E-state index contributed by atoms with van der Waals surface area (Å²) in [4.78, 5) is 10.7. The van der Waals surface area contributed by atoms with Gasteiger partial charge in [0.25, 0.3) is 0 Å². The molecule has 0 saturated carbocycles. The average molecular weight is 274 g/mol. The Morgan fingerprint density at radius 2 is 2.12 bits per heavy atom. The van der Waals surface area contributed by atoms with Crippen LogP contribution < -0.4 is 0 Å². The lowest BCUT2D eigenvalue weighted by Gasteiger charge is -2.02. The summed E-state index contributed by atoms with van der Waals surface area (Å²) in [7, 11) is -2.92. The molecule has 1 N–H and O–H groups in total. The molecule has 1 rings (SSSR count). The van der Waals surface area contributed by atoms with E-state index in [9.17, 15) is 13.2 Å². The fourth-order valence-electron chi connectivity index (χ4n) is 1.19. The number of benzene rings is 1. The van der Waals surface area contributed by atoms with Gasteiger partial charge in [0.15, 0.2) is 0 Å². The van der Waals surface area contributed by atoms with Gasteiger partial charge >= 0.3 is 5.97 Å². The first-order valence-electron chi connectivity index (χ1n) is 4.96. The molecule has 94 valence electrons. The smallest absolute Gasteiger partial charge is 0.335 e. The van der Waals surface area contributed by atoms with Gasteiger partial charge in [0, 0.05) is 17.8 Å². The van der Waals surface area contributed by atoms with Crippen molar-refractivity contribution in [2.24, 2.45) is 0 Å². The quantitative estimate of drug-likeness (QED) is 0.799. The molecule has 0 radical (unpaired) electrons. The van der Waals surface area contributed by atoms with Gasteiger partial charge in [-0.3, -0.25) is 0 Å². The first-order chi connectivity index (χ1) is 7.88. The molecule has 4 nitrogen and oxygen atoms in total. The highest BCUT2D eigenvalue weighted by Crippen LogP contribution is 2.14. The molecule has 0 fully saturated rings. The molecular formula is C11H14O4S2. The van der Waals surface area contributed by atoms with Crippen molar-refractivity contribution in [1.29, 1.82) is 0 Å². The summed E-state index contributed by atoms with van der Waals surface area (Å²) >= 11 is 1.48. The SMILES string of the molecule is CS(=O)(=O)CCSCc1cccc(C(=O)O)c1. The number of carbonyl (C=O) groups is 1. The Hall–Kier alpha value is -1.01. The third-order valence-corrected chi connectivity index (χ3v) is 4.28. The van der Waals surface area contributed by atoms with E-state index in [1.54, 1.807) is 12.1 Å². The van der Waals surface area contributed by atoms with Gasteiger partial charge in [-0.05, 0) is 17.7 Å². The number of carboxylic acid groups (broad SMARTS) is 1. The predicted octanol–water partition coefficient (Wildman–Crippen LogP) is 1.66. The van der Waals surface area contributed by atoms with Gasteiger partial charge in [0.05, 0.1) is 11.3 Å². The molecular weight excluding hydrogens is 260 g/mol. The second-order valence-electron chi connectivity index (χ2n) is 3.69. The van der Waals surface area contributed by atoms with Gasteiger partial charge in [0.1, 0.15) is 9.84 Å². The molecule has 0 aliphatic heterocycles. The molecule has 0 atom stereocenters. The van der Waals surface area contributed by atoms with E-state index in [0.29, 0.717) is 11.5 Å². The van der Waals surface area contributed by atoms with Gasteiger partial charge < -0.3 is 5.11 Å². The van der Waals surface area contributed by atoms with E-state index in [1.807, 2.05) is 6.07 Å². The van der Waals surface area contributed by atoms with Crippen molar-refractivity contribution in [2.75, 3.05) is 17.8 Å².